The highest BCUT2D eigenvalue weighted by Crippen LogP contribution is 2.32. The molecule has 1 heterocycles. The van der Waals surface area contributed by atoms with Gasteiger partial charge >= 0.3 is 0 Å². The third-order valence-electron chi connectivity index (χ3n) is 3.73. The number of likely N-dealkylation sites (N-methyl/N-ethyl adjacent to an activating group) is 1. The van der Waals surface area contributed by atoms with E-state index in [1.54, 1.807) is 4.68 Å². The molecule has 0 amide bonds. The smallest absolute Gasteiger partial charge is 0.0971 e. The molecule has 3 rings (SSSR count). The molecule has 1 aliphatic rings. The van der Waals surface area contributed by atoms with Crippen molar-refractivity contribution in [2.45, 2.75) is 25.5 Å². The molecule has 0 spiro atoms. The Kier molecular flexibility index (Phi) is 4.24. The van der Waals surface area contributed by atoms with Gasteiger partial charge in [-0.05, 0) is 50.1 Å². The normalized spacial score (nSPS) is 16.4. The average Bonchev–Trinajstić information content (AvgIpc) is 3.21. The molecule has 0 aliphatic heterocycles. The molecule has 2 aromatic rings. The van der Waals surface area contributed by atoms with Crippen LogP contribution < -0.4 is 0 Å². The number of halogens is 1. The maximum absolute atomic E-state index is 9.95. The van der Waals surface area contributed by atoms with Crippen molar-refractivity contribution in [1.29, 1.82) is 0 Å². The Morgan fingerprint density at radius 1 is 1.38 bits per heavy atom. The molecule has 1 atom stereocenters. The van der Waals surface area contributed by atoms with Gasteiger partial charge in [-0.3, -0.25) is 4.90 Å². The summed E-state index contributed by atoms with van der Waals surface area (Å²) in [6.07, 6.45) is 3.99. The van der Waals surface area contributed by atoms with Crippen LogP contribution in [-0.4, -0.2) is 44.7 Å². The quantitative estimate of drug-likeness (QED) is 0.888. The highest BCUT2D eigenvalue weighted by atomic mass is 35.5. The standard InChI is InChI=1S/C15H19ClN4O/c1-19(10-15(21)11-2-3-11)8-13-9-20(18-17-13)14-6-4-12(16)5-7-14/h4-7,9,11,15,21H,2-3,8,10H2,1H3. The maximum Gasteiger partial charge on any atom is 0.0971 e. The first-order chi connectivity index (χ1) is 10.1. The summed E-state index contributed by atoms with van der Waals surface area (Å²) in [6.45, 7) is 1.36. The largest absolute Gasteiger partial charge is 0.392 e. The second-order valence-electron chi connectivity index (χ2n) is 5.73. The first kappa shape index (κ1) is 14.5. The molecule has 1 N–H and O–H groups in total. The highest BCUT2D eigenvalue weighted by molar-refractivity contribution is 6.30. The fourth-order valence-electron chi connectivity index (χ4n) is 2.38. The first-order valence-electron chi connectivity index (χ1n) is 7.15. The number of nitrogens with zero attached hydrogens (tertiary/aromatic N) is 4. The van der Waals surface area contributed by atoms with Gasteiger partial charge in [-0.2, -0.15) is 0 Å². The summed E-state index contributed by atoms with van der Waals surface area (Å²) in [5.41, 5.74) is 1.81. The minimum atomic E-state index is -0.221. The van der Waals surface area contributed by atoms with Crippen molar-refractivity contribution in [3.8, 4) is 5.69 Å². The summed E-state index contributed by atoms with van der Waals surface area (Å²) < 4.78 is 1.73. The molecule has 1 aromatic heterocycles. The predicted octanol–water partition coefficient (Wildman–Crippen LogP) is 2.12. The molecular weight excluding hydrogens is 288 g/mol. The molecule has 1 aliphatic carbocycles. The summed E-state index contributed by atoms with van der Waals surface area (Å²) in [6, 6.07) is 7.47. The van der Waals surface area contributed by atoms with Crippen LogP contribution in [0.5, 0.6) is 0 Å². The fraction of sp³-hybridized carbons (Fsp3) is 0.467. The summed E-state index contributed by atoms with van der Waals surface area (Å²) >= 11 is 5.88. The molecule has 6 heteroatoms. The van der Waals surface area contributed by atoms with E-state index in [0.717, 1.165) is 24.2 Å². The SMILES string of the molecule is CN(Cc1cn(-c2ccc(Cl)cc2)nn1)CC(O)C1CC1. The lowest BCUT2D eigenvalue weighted by Gasteiger charge is -2.18. The molecule has 1 saturated carbocycles. The molecular formula is C15H19ClN4O. The first-order valence-corrected chi connectivity index (χ1v) is 7.53. The Morgan fingerprint density at radius 2 is 2.10 bits per heavy atom. The zero-order valence-corrected chi connectivity index (χ0v) is 12.7. The van der Waals surface area contributed by atoms with E-state index in [4.69, 9.17) is 11.6 Å². The van der Waals surface area contributed by atoms with Crippen LogP contribution >= 0.6 is 11.6 Å². The molecule has 1 fully saturated rings. The number of rotatable bonds is 6. The summed E-state index contributed by atoms with van der Waals surface area (Å²) in [5, 5.41) is 19.0. The van der Waals surface area contributed by atoms with Crippen molar-refractivity contribution >= 4 is 11.6 Å². The van der Waals surface area contributed by atoms with E-state index in [1.807, 2.05) is 37.5 Å². The number of aromatic nitrogens is 3. The van der Waals surface area contributed by atoms with Crippen molar-refractivity contribution in [1.82, 2.24) is 19.9 Å². The molecule has 21 heavy (non-hydrogen) atoms. The number of benzene rings is 1. The van der Waals surface area contributed by atoms with E-state index in [2.05, 4.69) is 15.2 Å². The molecule has 0 bridgehead atoms. The molecule has 112 valence electrons. The van der Waals surface area contributed by atoms with Gasteiger partial charge in [0.1, 0.15) is 0 Å². The van der Waals surface area contributed by atoms with Crippen molar-refractivity contribution < 1.29 is 5.11 Å². The Morgan fingerprint density at radius 3 is 2.76 bits per heavy atom. The Hall–Kier alpha value is -1.43. The monoisotopic (exact) mass is 306 g/mol. The van der Waals surface area contributed by atoms with Crippen molar-refractivity contribution in [3.05, 3.63) is 41.2 Å². The van der Waals surface area contributed by atoms with Crippen LogP contribution in [0.25, 0.3) is 5.69 Å². The highest BCUT2D eigenvalue weighted by Gasteiger charge is 2.30. The third kappa shape index (κ3) is 3.81. The Labute approximate surface area is 129 Å². The zero-order chi connectivity index (χ0) is 14.8. The average molecular weight is 307 g/mol. The fourth-order valence-corrected chi connectivity index (χ4v) is 2.51. The zero-order valence-electron chi connectivity index (χ0n) is 12.0. The predicted molar refractivity (Wildman–Crippen MR) is 81.4 cm³/mol. The lowest BCUT2D eigenvalue weighted by atomic mass is 10.2. The van der Waals surface area contributed by atoms with Gasteiger partial charge in [0.2, 0.25) is 0 Å². The van der Waals surface area contributed by atoms with Crippen LogP contribution in [0.2, 0.25) is 5.02 Å². The van der Waals surface area contributed by atoms with E-state index < -0.39 is 0 Å². The minimum absolute atomic E-state index is 0.221. The van der Waals surface area contributed by atoms with Crippen LogP contribution in [0.1, 0.15) is 18.5 Å². The molecule has 5 nitrogen and oxygen atoms in total. The Bertz CT molecular complexity index is 594. The van der Waals surface area contributed by atoms with Crippen LogP contribution in [0, 0.1) is 5.92 Å². The van der Waals surface area contributed by atoms with E-state index in [0.29, 0.717) is 24.0 Å². The number of hydrogen-bond donors (Lipinski definition) is 1. The van der Waals surface area contributed by atoms with Gasteiger partial charge in [-0.1, -0.05) is 16.8 Å². The summed E-state index contributed by atoms with van der Waals surface area (Å²) in [7, 11) is 1.99. The van der Waals surface area contributed by atoms with E-state index >= 15 is 0 Å². The summed E-state index contributed by atoms with van der Waals surface area (Å²) in [4.78, 5) is 2.08. The van der Waals surface area contributed by atoms with Crippen molar-refractivity contribution in [2.24, 2.45) is 5.92 Å². The van der Waals surface area contributed by atoms with Crippen LogP contribution in [-0.2, 0) is 6.54 Å². The van der Waals surface area contributed by atoms with Crippen LogP contribution in [0.4, 0.5) is 0 Å². The van der Waals surface area contributed by atoms with Gasteiger partial charge in [-0.25, -0.2) is 4.68 Å². The van der Waals surface area contributed by atoms with Gasteiger partial charge in [-0.15, -0.1) is 5.10 Å². The van der Waals surface area contributed by atoms with Crippen LogP contribution in [0.15, 0.2) is 30.5 Å². The van der Waals surface area contributed by atoms with Gasteiger partial charge in [0.15, 0.2) is 0 Å². The van der Waals surface area contributed by atoms with Gasteiger partial charge in [0.25, 0.3) is 0 Å². The van der Waals surface area contributed by atoms with E-state index in [1.165, 1.54) is 0 Å². The molecule has 1 unspecified atom stereocenters. The Balaban J connectivity index is 1.60. The lowest BCUT2D eigenvalue weighted by Crippen LogP contribution is -2.30. The number of aliphatic hydroxyl groups excluding tert-OH is 1. The van der Waals surface area contributed by atoms with Crippen molar-refractivity contribution in [2.75, 3.05) is 13.6 Å². The van der Waals surface area contributed by atoms with E-state index in [-0.39, 0.29) is 6.10 Å². The van der Waals surface area contributed by atoms with Crippen LogP contribution in [0.3, 0.4) is 0 Å². The van der Waals surface area contributed by atoms with Gasteiger partial charge in [0, 0.05) is 18.1 Å². The molecule has 0 saturated heterocycles. The summed E-state index contributed by atoms with van der Waals surface area (Å²) in [5.74, 6) is 0.497. The minimum Gasteiger partial charge on any atom is -0.392 e. The lowest BCUT2D eigenvalue weighted by molar-refractivity contribution is 0.104. The second-order valence-corrected chi connectivity index (χ2v) is 6.17. The topological polar surface area (TPSA) is 54.2 Å². The van der Waals surface area contributed by atoms with E-state index in [9.17, 15) is 5.11 Å². The van der Waals surface area contributed by atoms with Crippen molar-refractivity contribution in [3.63, 3.8) is 0 Å². The maximum atomic E-state index is 9.95. The number of aliphatic hydroxyl groups is 1. The third-order valence-corrected chi connectivity index (χ3v) is 3.98. The van der Waals surface area contributed by atoms with Gasteiger partial charge in [0.05, 0.1) is 23.7 Å². The second kappa shape index (κ2) is 6.13. The molecule has 1 aromatic carbocycles. The van der Waals surface area contributed by atoms with Gasteiger partial charge < -0.3 is 5.11 Å². The molecule has 0 radical (unpaired) electrons. The number of hydrogen-bond acceptors (Lipinski definition) is 4.